The number of rotatable bonds is 6. The molecule has 2 fully saturated rings. The van der Waals surface area contributed by atoms with Crippen LogP contribution in [0.15, 0.2) is 22.5 Å². The van der Waals surface area contributed by atoms with Gasteiger partial charge >= 0.3 is 0 Å². The zero-order valence-electron chi connectivity index (χ0n) is 16.5. The lowest BCUT2D eigenvalue weighted by Crippen LogP contribution is -2.47. The lowest BCUT2D eigenvalue weighted by molar-refractivity contribution is 0.0263. The second kappa shape index (κ2) is 9.75. The predicted octanol–water partition coefficient (Wildman–Crippen LogP) is 4.42. The van der Waals surface area contributed by atoms with E-state index < -0.39 is 0 Å². The van der Waals surface area contributed by atoms with Gasteiger partial charge in [-0.3, -0.25) is 4.99 Å². The Labute approximate surface area is 163 Å². The Morgan fingerprint density at radius 2 is 2.04 bits per heavy atom. The number of nitrogens with zero attached hydrogens (tertiary/aromatic N) is 2. The molecule has 3 rings (SSSR count). The number of piperidine rings is 1. The molecule has 2 aliphatic rings. The summed E-state index contributed by atoms with van der Waals surface area (Å²) in [4.78, 5) is 9.13. The van der Waals surface area contributed by atoms with Gasteiger partial charge in [0.25, 0.3) is 0 Å². The number of likely N-dealkylation sites (tertiary alicyclic amines) is 1. The lowest BCUT2D eigenvalue weighted by Gasteiger charge is -2.37. The highest BCUT2D eigenvalue weighted by molar-refractivity contribution is 7.10. The molecule has 0 bridgehead atoms. The molecule has 1 aromatic heterocycles. The summed E-state index contributed by atoms with van der Waals surface area (Å²) in [6.07, 6.45) is 9.25. The van der Waals surface area contributed by atoms with E-state index in [1.54, 1.807) is 0 Å². The lowest BCUT2D eigenvalue weighted by atomic mass is 9.73. The molecular formula is C21H35N3OS. The maximum atomic E-state index is 5.81. The fourth-order valence-corrected chi connectivity index (χ4v) is 5.39. The molecule has 26 heavy (non-hydrogen) atoms. The molecule has 5 heteroatoms. The molecule has 1 saturated carbocycles. The fourth-order valence-electron chi connectivity index (χ4n) is 4.41. The van der Waals surface area contributed by atoms with Crippen molar-refractivity contribution in [1.82, 2.24) is 10.2 Å². The van der Waals surface area contributed by atoms with Crippen molar-refractivity contribution >= 4 is 17.3 Å². The van der Waals surface area contributed by atoms with Gasteiger partial charge in [0.2, 0.25) is 0 Å². The van der Waals surface area contributed by atoms with Gasteiger partial charge in [0.15, 0.2) is 5.96 Å². The van der Waals surface area contributed by atoms with E-state index in [9.17, 15) is 0 Å². The Hall–Kier alpha value is -1.07. The topological polar surface area (TPSA) is 36.9 Å². The van der Waals surface area contributed by atoms with E-state index in [0.717, 1.165) is 51.6 Å². The molecule has 1 saturated heterocycles. The zero-order chi connectivity index (χ0) is 18.2. The van der Waals surface area contributed by atoms with E-state index in [1.165, 1.54) is 37.0 Å². The minimum absolute atomic E-state index is 0.261. The number of aliphatic imine (C=N–C) groups is 1. The highest BCUT2D eigenvalue weighted by Gasteiger charge is 2.35. The molecule has 0 unspecified atom stereocenters. The quantitative estimate of drug-likeness (QED) is 0.589. The van der Waals surface area contributed by atoms with Crippen molar-refractivity contribution in [2.45, 2.75) is 70.3 Å². The SMILES string of the molecule is CCNC(=NCC1(c2cccs2)CCCCC1)N1CCC(OCC)CC1. The van der Waals surface area contributed by atoms with Gasteiger partial charge in [-0.05, 0) is 51.0 Å². The number of guanidine groups is 1. The van der Waals surface area contributed by atoms with E-state index in [0.29, 0.717) is 6.10 Å². The average molecular weight is 378 g/mol. The summed E-state index contributed by atoms with van der Waals surface area (Å²) in [7, 11) is 0. The molecule has 0 radical (unpaired) electrons. The van der Waals surface area contributed by atoms with Crippen LogP contribution in [0.5, 0.6) is 0 Å². The Kier molecular flexibility index (Phi) is 7.38. The van der Waals surface area contributed by atoms with Crippen LogP contribution in [0.3, 0.4) is 0 Å². The summed E-state index contributed by atoms with van der Waals surface area (Å²) in [5, 5.41) is 5.76. The van der Waals surface area contributed by atoms with Gasteiger partial charge in [-0.1, -0.05) is 25.3 Å². The Balaban J connectivity index is 1.69. The van der Waals surface area contributed by atoms with Crippen LogP contribution in [-0.2, 0) is 10.2 Å². The molecule has 0 aromatic carbocycles. The van der Waals surface area contributed by atoms with Crippen molar-refractivity contribution < 1.29 is 4.74 Å². The van der Waals surface area contributed by atoms with Crippen molar-refractivity contribution in [1.29, 1.82) is 0 Å². The van der Waals surface area contributed by atoms with Crippen LogP contribution >= 0.6 is 11.3 Å². The first-order valence-corrected chi connectivity index (χ1v) is 11.3. The first-order valence-electron chi connectivity index (χ1n) is 10.5. The second-order valence-corrected chi connectivity index (χ2v) is 8.58. The van der Waals surface area contributed by atoms with Gasteiger partial charge in [0.1, 0.15) is 0 Å². The van der Waals surface area contributed by atoms with E-state index in [1.807, 2.05) is 11.3 Å². The Morgan fingerprint density at radius 3 is 2.65 bits per heavy atom. The minimum Gasteiger partial charge on any atom is -0.378 e. The predicted molar refractivity (Wildman–Crippen MR) is 111 cm³/mol. The second-order valence-electron chi connectivity index (χ2n) is 7.63. The maximum Gasteiger partial charge on any atom is 0.193 e. The van der Waals surface area contributed by atoms with E-state index in [2.05, 4.69) is 41.6 Å². The van der Waals surface area contributed by atoms with Crippen LogP contribution < -0.4 is 5.32 Å². The molecule has 1 N–H and O–H groups in total. The fraction of sp³-hybridized carbons (Fsp3) is 0.762. The summed E-state index contributed by atoms with van der Waals surface area (Å²) in [5.41, 5.74) is 0.261. The Bertz CT molecular complexity index is 544. The molecule has 0 spiro atoms. The van der Waals surface area contributed by atoms with Gasteiger partial charge < -0.3 is 15.0 Å². The molecular weight excluding hydrogens is 342 g/mol. The molecule has 1 aliphatic heterocycles. The molecule has 0 amide bonds. The van der Waals surface area contributed by atoms with Crippen LogP contribution in [0, 0.1) is 0 Å². The van der Waals surface area contributed by atoms with Crippen LogP contribution in [0.2, 0.25) is 0 Å². The van der Waals surface area contributed by atoms with Crippen molar-refractivity contribution in [2.24, 2.45) is 4.99 Å². The highest BCUT2D eigenvalue weighted by Crippen LogP contribution is 2.41. The van der Waals surface area contributed by atoms with Gasteiger partial charge in [0.05, 0.1) is 12.6 Å². The van der Waals surface area contributed by atoms with Crippen LogP contribution in [-0.4, -0.2) is 49.7 Å². The molecule has 0 atom stereocenters. The standard InChI is InChI=1S/C21H35N3OS/c1-3-22-20(24-14-10-18(11-15-24)25-4-2)23-17-21(12-6-5-7-13-21)19-9-8-16-26-19/h8-9,16,18H,3-7,10-15,17H2,1-2H3,(H,22,23). The van der Waals surface area contributed by atoms with E-state index in [-0.39, 0.29) is 5.41 Å². The summed E-state index contributed by atoms with van der Waals surface area (Å²) >= 11 is 1.91. The molecule has 1 aromatic rings. The van der Waals surface area contributed by atoms with Crippen molar-refractivity contribution in [2.75, 3.05) is 32.8 Å². The largest absolute Gasteiger partial charge is 0.378 e. The monoisotopic (exact) mass is 377 g/mol. The van der Waals surface area contributed by atoms with Crippen molar-refractivity contribution in [3.8, 4) is 0 Å². The number of nitrogens with one attached hydrogen (secondary N) is 1. The zero-order valence-corrected chi connectivity index (χ0v) is 17.3. The molecule has 1 aliphatic carbocycles. The Morgan fingerprint density at radius 1 is 1.27 bits per heavy atom. The highest BCUT2D eigenvalue weighted by atomic mass is 32.1. The smallest absolute Gasteiger partial charge is 0.193 e. The van der Waals surface area contributed by atoms with Gasteiger partial charge in [-0.25, -0.2) is 0 Å². The minimum atomic E-state index is 0.261. The first kappa shape index (κ1) is 19.7. The third-order valence-corrected chi connectivity index (χ3v) is 6.98. The van der Waals surface area contributed by atoms with Crippen LogP contribution in [0.25, 0.3) is 0 Å². The summed E-state index contributed by atoms with van der Waals surface area (Å²) in [5.74, 6) is 1.10. The number of ether oxygens (including phenoxy) is 1. The van der Waals surface area contributed by atoms with E-state index >= 15 is 0 Å². The van der Waals surface area contributed by atoms with Gasteiger partial charge in [-0.15, -0.1) is 11.3 Å². The average Bonchev–Trinajstić information content (AvgIpc) is 3.22. The first-order chi connectivity index (χ1) is 12.8. The molecule has 146 valence electrons. The van der Waals surface area contributed by atoms with Gasteiger partial charge in [0, 0.05) is 36.5 Å². The molecule has 2 heterocycles. The third-order valence-electron chi connectivity index (χ3n) is 5.86. The normalized spacial score (nSPS) is 21.8. The molecule has 4 nitrogen and oxygen atoms in total. The number of hydrogen-bond donors (Lipinski definition) is 1. The summed E-state index contributed by atoms with van der Waals surface area (Å²) in [6, 6.07) is 4.52. The maximum absolute atomic E-state index is 5.81. The summed E-state index contributed by atoms with van der Waals surface area (Å²) in [6.45, 7) is 9.01. The summed E-state index contributed by atoms with van der Waals surface area (Å²) < 4.78 is 5.81. The van der Waals surface area contributed by atoms with Crippen LogP contribution in [0.4, 0.5) is 0 Å². The third kappa shape index (κ3) is 4.80. The van der Waals surface area contributed by atoms with Crippen molar-refractivity contribution in [3.05, 3.63) is 22.4 Å². The van der Waals surface area contributed by atoms with Gasteiger partial charge in [-0.2, -0.15) is 0 Å². The van der Waals surface area contributed by atoms with E-state index in [4.69, 9.17) is 9.73 Å². The van der Waals surface area contributed by atoms with Crippen LogP contribution in [0.1, 0.15) is 63.7 Å². The number of hydrogen-bond acceptors (Lipinski definition) is 3. The number of thiophene rings is 1. The van der Waals surface area contributed by atoms with Crippen molar-refractivity contribution in [3.63, 3.8) is 0 Å².